The zero-order chi connectivity index (χ0) is 15.2. The lowest BCUT2D eigenvalue weighted by atomic mass is 10.2. The van der Waals surface area contributed by atoms with Gasteiger partial charge in [-0.1, -0.05) is 34.1 Å². The molecule has 21 heavy (non-hydrogen) atoms. The number of ether oxygens (including phenoxy) is 1. The number of carboxylic acid groups (broad SMARTS) is 1. The predicted molar refractivity (Wildman–Crippen MR) is 86.3 cm³/mol. The maximum absolute atomic E-state index is 11.1. The van der Waals surface area contributed by atoms with Crippen molar-refractivity contribution < 1.29 is 14.6 Å². The van der Waals surface area contributed by atoms with Crippen LogP contribution in [0.25, 0.3) is 0 Å². The molecule has 2 N–H and O–H groups in total. The highest BCUT2D eigenvalue weighted by Gasteiger charge is 2.09. The average Bonchev–Trinajstić information content (AvgIpc) is 2.48. The van der Waals surface area contributed by atoms with Crippen LogP contribution in [0.1, 0.15) is 15.9 Å². The van der Waals surface area contributed by atoms with Crippen LogP contribution in [-0.4, -0.2) is 24.2 Å². The molecule has 2 aromatic carbocycles. The lowest BCUT2D eigenvalue weighted by Gasteiger charge is -2.12. The SMILES string of the molecule is Cc1c(Br)cccc1NCCOc1ccccc1C(=O)O. The van der Waals surface area contributed by atoms with E-state index in [2.05, 4.69) is 21.2 Å². The molecule has 0 saturated heterocycles. The van der Waals surface area contributed by atoms with Crippen molar-refractivity contribution in [1.82, 2.24) is 0 Å². The molecule has 2 aromatic rings. The van der Waals surface area contributed by atoms with Crippen molar-refractivity contribution in [2.24, 2.45) is 0 Å². The quantitative estimate of drug-likeness (QED) is 0.775. The minimum Gasteiger partial charge on any atom is -0.491 e. The van der Waals surface area contributed by atoms with Gasteiger partial charge >= 0.3 is 5.97 Å². The van der Waals surface area contributed by atoms with E-state index in [9.17, 15) is 4.79 Å². The molecule has 5 heteroatoms. The summed E-state index contributed by atoms with van der Waals surface area (Å²) < 4.78 is 6.58. The highest BCUT2D eigenvalue weighted by atomic mass is 79.9. The molecule has 0 saturated carbocycles. The molecule has 0 atom stereocenters. The second-order valence-electron chi connectivity index (χ2n) is 4.49. The van der Waals surface area contributed by atoms with Gasteiger partial charge in [0.05, 0.1) is 0 Å². The highest BCUT2D eigenvalue weighted by Crippen LogP contribution is 2.23. The van der Waals surface area contributed by atoms with Crippen LogP contribution in [0.3, 0.4) is 0 Å². The van der Waals surface area contributed by atoms with E-state index in [0.29, 0.717) is 18.9 Å². The molecule has 110 valence electrons. The minimum atomic E-state index is -0.985. The van der Waals surface area contributed by atoms with Gasteiger partial charge in [0.2, 0.25) is 0 Å². The summed E-state index contributed by atoms with van der Waals surface area (Å²) in [5, 5.41) is 12.3. The summed E-state index contributed by atoms with van der Waals surface area (Å²) in [7, 11) is 0. The third-order valence-corrected chi connectivity index (χ3v) is 3.92. The van der Waals surface area contributed by atoms with Crippen LogP contribution < -0.4 is 10.1 Å². The Balaban J connectivity index is 1.91. The lowest BCUT2D eigenvalue weighted by Crippen LogP contribution is -2.13. The Labute approximate surface area is 131 Å². The summed E-state index contributed by atoms with van der Waals surface area (Å²) >= 11 is 3.48. The van der Waals surface area contributed by atoms with Crippen LogP contribution in [0.2, 0.25) is 0 Å². The van der Waals surface area contributed by atoms with Gasteiger partial charge in [0, 0.05) is 16.7 Å². The first-order valence-electron chi connectivity index (χ1n) is 6.53. The summed E-state index contributed by atoms with van der Waals surface area (Å²) in [6, 6.07) is 12.6. The first kappa shape index (κ1) is 15.4. The Morgan fingerprint density at radius 1 is 1.24 bits per heavy atom. The number of aromatic carboxylic acids is 1. The van der Waals surface area contributed by atoms with Crippen molar-refractivity contribution in [1.29, 1.82) is 0 Å². The first-order chi connectivity index (χ1) is 10.1. The summed E-state index contributed by atoms with van der Waals surface area (Å²) in [6.45, 7) is 2.99. The summed E-state index contributed by atoms with van der Waals surface area (Å²) in [5.41, 5.74) is 2.33. The first-order valence-corrected chi connectivity index (χ1v) is 7.33. The van der Waals surface area contributed by atoms with Gasteiger partial charge in [-0.2, -0.15) is 0 Å². The average molecular weight is 350 g/mol. The fraction of sp³-hybridized carbons (Fsp3) is 0.188. The maximum atomic E-state index is 11.1. The number of rotatable bonds is 6. The molecule has 4 nitrogen and oxygen atoms in total. The maximum Gasteiger partial charge on any atom is 0.339 e. The lowest BCUT2D eigenvalue weighted by molar-refractivity contribution is 0.0692. The van der Waals surface area contributed by atoms with Crippen LogP contribution in [-0.2, 0) is 0 Å². The highest BCUT2D eigenvalue weighted by molar-refractivity contribution is 9.10. The third kappa shape index (κ3) is 3.98. The van der Waals surface area contributed by atoms with Crippen molar-refractivity contribution in [3.8, 4) is 5.75 Å². The molecule has 0 unspecified atom stereocenters. The fourth-order valence-corrected chi connectivity index (χ4v) is 2.28. The standard InChI is InChI=1S/C16H16BrNO3/c1-11-13(17)6-4-7-14(11)18-9-10-21-15-8-3-2-5-12(15)16(19)20/h2-8,18H,9-10H2,1H3,(H,19,20). The van der Waals surface area contributed by atoms with E-state index < -0.39 is 5.97 Å². The molecule has 2 rings (SSSR count). The molecule has 0 aliphatic rings. The molecule has 0 heterocycles. The second kappa shape index (κ2) is 7.13. The Hall–Kier alpha value is -2.01. The number of carboxylic acids is 1. The molecule has 0 amide bonds. The minimum absolute atomic E-state index is 0.177. The van der Waals surface area contributed by atoms with Crippen LogP contribution in [0.4, 0.5) is 5.69 Å². The number of para-hydroxylation sites is 1. The molecule has 0 spiro atoms. The van der Waals surface area contributed by atoms with Gasteiger partial charge in [-0.25, -0.2) is 4.79 Å². The number of halogens is 1. The van der Waals surface area contributed by atoms with Gasteiger partial charge in [-0.3, -0.25) is 0 Å². The summed E-state index contributed by atoms with van der Waals surface area (Å²) in [4.78, 5) is 11.1. The van der Waals surface area contributed by atoms with Gasteiger partial charge in [-0.15, -0.1) is 0 Å². The van der Waals surface area contributed by atoms with E-state index in [1.165, 1.54) is 6.07 Å². The van der Waals surface area contributed by atoms with Crippen molar-refractivity contribution in [2.45, 2.75) is 6.92 Å². The number of hydrogen-bond acceptors (Lipinski definition) is 3. The Bertz CT molecular complexity index is 643. The number of carbonyl (C=O) groups is 1. The van der Waals surface area contributed by atoms with E-state index in [-0.39, 0.29) is 5.56 Å². The molecule has 0 aromatic heterocycles. The van der Waals surface area contributed by atoms with Crippen molar-refractivity contribution in [2.75, 3.05) is 18.5 Å². The van der Waals surface area contributed by atoms with Gasteiger partial charge < -0.3 is 15.2 Å². The van der Waals surface area contributed by atoms with E-state index in [1.54, 1.807) is 18.2 Å². The van der Waals surface area contributed by atoms with Crippen molar-refractivity contribution in [3.05, 3.63) is 58.1 Å². The van der Waals surface area contributed by atoms with Gasteiger partial charge in [0.15, 0.2) is 0 Å². The van der Waals surface area contributed by atoms with Gasteiger partial charge in [0.1, 0.15) is 17.9 Å². The van der Waals surface area contributed by atoms with E-state index in [0.717, 1.165) is 15.7 Å². The summed E-state index contributed by atoms with van der Waals surface area (Å²) in [5.74, 6) is -0.598. The zero-order valence-electron chi connectivity index (χ0n) is 11.6. The monoisotopic (exact) mass is 349 g/mol. The number of nitrogens with one attached hydrogen (secondary N) is 1. The molecular formula is C16H16BrNO3. The van der Waals surface area contributed by atoms with Crippen LogP contribution >= 0.6 is 15.9 Å². The molecule has 0 aliphatic carbocycles. The zero-order valence-corrected chi connectivity index (χ0v) is 13.2. The molecule has 0 aliphatic heterocycles. The fourth-order valence-electron chi connectivity index (χ4n) is 1.91. The van der Waals surface area contributed by atoms with Crippen molar-refractivity contribution >= 4 is 27.6 Å². The Kier molecular flexibility index (Phi) is 5.22. The number of hydrogen-bond donors (Lipinski definition) is 2. The van der Waals surface area contributed by atoms with Crippen LogP contribution in [0.15, 0.2) is 46.9 Å². The molecular weight excluding hydrogens is 334 g/mol. The molecule has 0 bridgehead atoms. The summed E-state index contributed by atoms with van der Waals surface area (Å²) in [6.07, 6.45) is 0. The normalized spacial score (nSPS) is 10.2. The van der Waals surface area contributed by atoms with Crippen LogP contribution in [0.5, 0.6) is 5.75 Å². The Morgan fingerprint density at radius 2 is 2.00 bits per heavy atom. The third-order valence-electron chi connectivity index (χ3n) is 3.06. The van der Waals surface area contributed by atoms with E-state index in [1.807, 2.05) is 25.1 Å². The van der Waals surface area contributed by atoms with E-state index in [4.69, 9.17) is 9.84 Å². The Morgan fingerprint density at radius 3 is 2.76 bits per heavy atom. The van der Waals surface area contributed by atoms with Gasteiger partial charge in [-0.05, 0) is 36.8 Å². The largest absolute Gasteiger partial charge is 0.491 e. The number of anilines is 1. The predicted octanol–water partition coefficient (Wildman–Crippen LogP) is 3.95. The topological polar surface area (TPSA) is 58.6 Å². The van der Waals surface area contributed by atoms with E-state index >= 15 is 0 Å². The second-order valence-corrected chi connectivity index (χ2v) is 5.34. The molecule has 0 radical (unpaired) electrons. The van der Waals surface area contributed by atoms with Crippen molar-refractivity contribution in [3.63, 3.8) is 0 Å². The molecule has 0 fully saturated rings. The van der Waals surface area contributed by atoms with Gasteiger partial charge in [0.25, 0.3) is 0 Å². The van der Waals surface area contributed by atoms with Crippen LogP contribution in [0, 0.1) is 6.92 Å². The smallest absolute Gasteiger partial charge is 0.339 e. The number of benzene rings is 2.